The molecule has 0 N–H and O–H groups in total. The number of carbonyl (C=O) groups excluding carboxylic acids is 2. The van der Waals surface area contributed by atoms with Crippen LogP contribution in [0.4, 0.5) is 0 Å². The van der Waals surface area contributed by atoms with Crippen LogP contribution in [0.3, 0.4) is 0 Å². The first-order valence-electron chi connectivity index (χ1n) is 16.2. The number of fused-ring (bicyclic) bond motifs is 1. The zero-order chi connectivity index (χ0) is 33.9. The maximum Gasteiger partial charge on any atom is 0.308 e. The van der Waals surface area contributed by atoms with Crippen LogP contribution in [0, 0.1) is 0 Å². The SMILES string of the molecule is CC(=O)Oc1cc(COc2ccc(-c3c(-c4ccncc4)nn4c3C(=O)N(CCO[Si](C)(C)C(C)(C)C)CC4)cc2)ccc1C(C)C. The molecule has 1 aliphatic heterocycles. The lowest BCUT2D eigenvalue weighted by molar-refractivity contribution is -0.131. The van der Waals surface area contributed by atoms with E-state index in [1.54, 1.807) is 12.4 Å². The van der Waals surface area contributed by atoms with Gasteiger partial charge in [0.15, 0.2) is 8.32 Å². The van der Waals surface area contributed by atoms with Gasteiger partial charge in [0, 0.05) is 43.5 Å². The van der Waals surface area contributed by atoms with Gasteiger partial charge >= 0.3 is 5.97 Å². The molecule has 0 saturated heterocycles. The summed E-state index contributed by atoms with van der Waals surface area (Å²) in [4.78, 5) is 31.8. The van der Waals surface area contributed by atoms with Crippen LogP contribution in [0.5, 0.6) is 11.5 Å². The Morgan fingerprint density at radius 1 is 0.979 bits per heavy atom. The van der Waals surface area contributed by atoms with Crippen LogP contribution >= 0.6 is 0 Å². The second-order valence-corrected chi connectivity index (χ2v) is 18.7. The first-order valence-corrected chi connectivity index (χ1v) is 19.1. The quantitative estimate of drug-likeness (QED) is 0.0928. The Kier molecular flexibility index (Phi) is 10.0. The molecule has 0 radical (unpaired) electrons. The molecular formula is C37H46N4O5Si. The summed E-state index contributed by atoms with van der Waals surface area (Å²) in [5, 5.41) is 5.03. The number of pyridine rings is 1. The van der Waals surface area contributed by atoms with Crippen LogP contribution in [0.25, 0.3) is 22.4 Å². The van der Waals surface area contributed by atoms with Crippen molar-refractivity contribution in [1.29, 1.82) is 0 Å². The lowest BCUT2D eigenvalue weighted by Crippen LogP contribution is -2.46. The molecule has 0 atom stereocenters. The average molecular weight is 655 g/mol. The van der Waals surface area contributed by atoms with Crippen LogP contribution < -0.4 is 9.47 Å². The van der Waals surface area contributed by atoms with Gasteiger partial charge in [-0.05, 0) is 71.1 Å². The highest BCUT2D eigenvalue weighted by atomic mass is 28.4. The minimum atomic E-state index is -1.93. The van der Waals surface area contributed by atoms with E-state index in [1.807, 2.05) is 64.2 Å². The topological polar surface area (TPSA) is 95.8 Å². The summed E-state index contributed by atoms with van der Waals surface area (Å²) < 4.78 is 19.9. The second-order valence-electron chi connectivity index (χ2n) is 13.9. The fraction of sp³-hybridized carbons (Fsp3) is 0.405. The van der Waals surface area contributed by atoms with Gasteiger partial charge < -0.3 is 18.8 Å². The molecule has 47 heavy (non-hydrogen) atoms. The van der Waals surface area contributed by atoms with Gasteiger partial charge in [0.2, 0.25) is 0 Å². The van der Waals surface area contributed by atoms with Gasteiger partial charge in [0.05, 0.1) is 13.2 Å². The van der Waals surface area contributed by atoms with Crippen LogP contribution in [0.2, 0.25) is 18.1 Å². The number of ether oxygens (including phenoxy) is 2. The summed E-state index contributed by atoms with van der Waals surface area (Å²) >= 11 is 0. The third kappa shape index (κ3) is 7.65. The number of rotatable bonds is 11. The van der Waals surface area contributed by atoms with Crippen molar-refractivity contribution in [2.45, 2.75) is 78.7 Å². The van der Waals surface area contributed by atoms with Gasteiger partial charge in [-0.25, -0.2) is 0 Å². The fourth-order valence-electron chi connectivity index (χ4n) is 5.41. The Labute approximate surface area is 279 Å². The van der Waals surface area contributed by atoms with Gasteiger partial charge in [0.25, 0.3) is 5.91 Å². The summed E-state index contributed by atoms with van der Waals surface area (Å²) in [6.07, 6.45) is 3.47. The van der Waals surface area contributed by atoms with Crippen molar-refractivity contribution in [2.75, 3.05) is 19.7 Å². The van der Waals surface area contributed by atoms with Gasteiger partial charge in [-0.15, -0.1) is 0 Å². The highest BCUT2D eigenvalue weighted by Gasteiger charge is 2.38. The minimum Gasteiger partial charge on any atom is -0.489 e. The number of aromatic nitrogens is 3. The zero-order valence-electron chi connectivity index (χ0n) is 28.8. The van der Waals surface area contributed by atoms with Crippen molar-refractivity contribution in [3.63, 3.8) is 0 Å². The van der Waals surface area contributed by atoms with E-state index in [9.17, 15) is 9.59 Å². The second kappa shape index (κ2) is 13.8. The van der Waals surface area contributed by atoms with E-state index in [0.717, 1.165) is 33.5 Å². The summed E-state index contributed by atoms with van der Waals surface area (Å²) in [5.74, 6) is 1.05. The molecule has 0 aliphatic carbocycles. The summed E-state index contributed by atoms with van der Waals surface area (Å²) in [6, 6.07) is 17.4. The van der Waals surface area contributed by atoms with Crippen LogP contribution in [-0.2, 0) is 22.4 Å². The maximum atomic E-state index is 14.0. The van der Waals surface area contributed by atoms with Crippen molar-refractivity contribution in [1.82, 2.24) is 19.7 Å². The normalized spacial score (nSPS) is 13.6. The van der Waals surface area contributed by atoms with Crippen LogP contribution in [-0.4, -0.2) is 59.6 Å². The first-order chi connectivity index (χ1) is 22.2. The van der Waals surface area contributed by atoms with E-state index < -0.39 is 8.32 Å². The molecule has 9 nitrogen and oxygen atoms in total. The largest absolute Gasteiger partial charge is 0.489 e. The van der Waals surface area contributed by atoms with Crippen molar-refractivity contribution < 1.29 is 23.5 Å². The molecule has 1 amide bonds. The van der Waals surface area contributed by atoms with E-state index in [2.05, 4.69) is 52.7 Å². The Morgan fingerprint density at radius 2 is 1.68 bits per heavy atom. The third-order valence-corrected chi connectivity index (χ3v) is 13.6. The first kappa shape index (κ1) is 34.1. The highest BCUT2D eigenvalue weighted by Crippen LogP contribution is 2.38. The Balaban J connectivity index is 1.38. The summed E-state index contributed by atoms with van der Waals surface area (Å²) in [7, 11) is -1.93. The molecule has 0 unspecified atom stereocenters. The fourth-order valence-corrected chi connectivity index (χ4v) is 6.44. The standard InChI is InChI=1S/C37H46N4O5Si/c1-25(2)31-14-9-27(23-32(31)46-26(3)42)24-44-30-12-10-28(11-13-30)33-34(29-15-17-38-18-16-29)39-41-20-19-40(36(43)35(33)41)21-22-45-47(7,8)37(4,5)6/h9-18,23,25H,19-22,24H2,1-8H3. The summed E-state index contributed by atoms with van der Waals surface area (Å²) in [5.41, 5.74) is 5.74. The van der Waals surface area contributed by atoms with Crippen LogP contribution in [0.15, 0.2) is 67.0 Å². The molecule has 0 fully saturated rings. The monoisotopic (exact) mass is 654 g/mol. The number of carbonyl (C=O) groups is 2. The molecule has 1 aliphatic rings. The number of amides is 1. The molecule has 248 valence electrons. The van der Waals surface area contributed by atoms with Gasteiger partial charge in [-0.2, -0.15) is 5.10 Å². The summed E-state index contributed by atoms with van der Waals surface area (Å²) in [6.45, 7) is 19.2. The molecule has 4 aromatic rings. The smallest absolute Gasteiger partial charge is 0.308 e. The molecule has 5 rings (SSSR count). The van der Waals surface area contributed by atoms with Crippen molar-refractivity contribution >= 4 is 20.2 Å². The average Bonchev–Trinajstić information content (AvgIpc) is 3.41. The number of hydrogen-bond acceptors (Lipinski definition) is 7. The predicted octanol–water partition coefficient (Wildman–Crippen LogP) is 7.72. The van der Waals surface area contributed by atoms with Gasteiger partial charge in [-0.3, -0.25) is 19.3 Å². The Morgan fingerprint density at radius 3 is 2.32 bits per heavy atom. The molecule has 3 heterocycles. The lowest BCUT2D eigenvalue weighted by atomic mass is 9.98. The third-order valence-electron chi connectivity index (χ3n) is 9.11. The molecule has 10 heteroatoms. The molecule has 0 saturated carbocycles. The predicted molar refractivity (Wildman–Crippen MR) is 186 cm³/mol. The number of nitrogens with zero attached hydrogens (tertiary/aromatic N) is 4. The lowest BCUT2D eigenvalue weighted by Gasteiger charge is -2.37. The van der Waals surface area contributed by atoms with Crippen molar-refractivity contribution in [2.24, 2.45) is 0 Å². The Hall–Kier alpha value is -4.28. The zero-order valence-corrected chi connectivity index (χ0v) is 29.8. The maximum absolute atomic E-state index is 14.0. The Bertz CT molecular complexity index is 1730. The number of benzene rings is 2. The van der Waals surface area contributed by atoms with Gasteiger partial charge in [0.1, 0.15) is 29.5 Å². The van der Waals surface area contributed by atoms with E-state index in [-0.39, 0.29) is 22.8 Å². The number of esters is 1. The minimum absolute atomic E-state index is 0.0494. The molecule has 0 bridgehead atoms. The molecular weight excluding hydrogens is 609 g/mol. The highest BCUT2D eigenvalue weighted by molar-refractivity contribution is 6.74. The van der Waals surface area contributed by atoms with E-state index in [4.69, 9.17) is 19.0 Å². The van der Waals surface area contributed by atoms with E-state index >= 15 is 0 Å². The van der Waals surface area contributed by atoms with Gasteiger partial charge in [-0.1, -0.05) is 58.9 Å². The molecule has 2 aromatic heterocycles. The van der Waals surface area contributed by atoms with Crippen LogP contribution in [0.1, 0.15) is 69.1 Å². The molecule has 0 spiro atoms. The van der Waals surface area contributed by atoms with Crippen molar-refractivity contribution in [3.05, 3.63) is 83.8 Å². The number of hydrogen-bond donors (Lipinski definition) is 0. The van der Waals surface area contributed by atoms with Crippen molar-refractivity contribution in [3.8, 4) is 33.9 Å². The van der Waals surface area contributed by atoms with E-state index in [0.29, 0.717) is 50.0 Å². The van der Waals surface area contributed by atoms with E-state index in [1.165, 1.54) is 6.92 Å². The molecule has 2 aromatic carbocycles.